The van der Waals surface area contributed by atoms with Gasteiger partial charge in [0.1, 0.15) is 0 Å². The van der Waals surface area contributed by atoms with Gasteiger partial charge in [0.05, 0.1) is 21.8 Å². The Morgan fingerprint density at radius 3 is 2.43 bits per heavy atom. The number of aryl methyl sites for hydroxylation is 1. The molecule has 2 aromatic carbocycles. The number of hydrogen-bond donors (Lipinski definition) is 1. The topological polar surface area (TPSA) is 66.5 Å². The van der Waals surface area contributed by atoms with Crippen molar-refractivity contribution in [3.05, 3.63) is 63.7 Å². The highest BCUT2D eigenvalue weighted by Crippen LogP contribution is 2.32. The van der Waals surface area contributed by atoms with Crippen LogP contribution in [0.3, 0.4) is 0 Å². The molecule has 6 heteroatoms. The van der Waals surface area contributed by atoms with E-state index in [1.54, 1.807) is 24.3 Å². The van der Waals surface area contributed by atoms with Crippen molar-refractivity contribution < 1.29 is 14.4 Å². The molecule has 0 spiro atoms. The van der Waals surface area contributed by atoms with Crippen LogP contribution in [0.4, 0.5) is 5.69 Å². The summed E-state index contributed by atoms with van der Waals surface area (Å²) in [6.07, 6.45) is 4.91. The molecule has 4 rings (SSSR count). The molecule has 144 valence electrons. The van der Waals surface area contributed by atoms with Gasteiger partial charge in [-0.3, -0.25) is 19.3 Å². The Morgan fingerprint density at radius 1 is 1.00 bits per heavy atom. The van der Waals surface area contributed by atoms with Crippen molar-refractivity contribution in [2.24, 2.45) is 0 Å². The second kappa shape index (κ2) is 7.40. The van der Waals surface area contributed by atoms with Crippen molar-refractivity contribution >= 4 is 35.0 Å². The van der Waals surface area contributed by atoms with Gasteiger partial charge in [0, 0.05) is 11.6 Å². The van der Waals surface area contributed by atoms with Crippen LogP contribution in [-0.4, -0.2) is 28.7 Å². The summed E-state index contributed by atoms with van der Waals surface area (Å²) in [7, 11) is 0. The highest BCUT2D eigenvalue weighted by atomic mass is 35.5. The quantitative estimate of drug-likeness (QED) is 0.755. The van der Waals surface area contributed by atoms with E-state index in [4.69, 9.17) is 11.6 Å². The standard InChI is InChI=1S/C22H21ClN2O3/c1-13-7-10-19(18(23)11-13)24-20(26)14-8-9-16-17(12-14)22(28)25(21(16)27)15-5-3-2-4-6-15/h7-12,15H,2-6H2,1H3,(H,24,26). The van der Waals surface area contributed by atoms with Crippen molar-refractivity contribution in [3.63, 3.8) is 0 Å². The molecule has 0 atom stereocenters. The van der Waals surface area contributed by atoms with E-state index in [0.717, 1.165) is 37.7 Å². The van der Waals surface area contributed by atoms with E-state index in [1.165, 1.54) is 11.0 Å². The number of imide groups is 1. The number of amides is 3. The van der Waals surface area contributed by atoms with Crippen LogP contribution in [0.5, 0.6) is 0 Å². The van der Waals surface area contributed by atoms with Crippen LogP contribution >= 0.6 is 11.6 Å². The van der Waals surface area contributed by atoms with Gasteiger partial charge >= 0.3 is 0 Å². The lowest BCUT2D eigenvalue weighted by Gasteiger charge is -2.29. The molecule has 1 saturated carbocycles. The van der Waals surface area contributed by atoms with Crippen molar-refractivity contribution in [1.82, 2.24) is 4.90 Å². The summed E-state index contributed by atoms with van der Waals surface area (Å²) in [6, 6.07) is 9.98. The van der Waals surface area contributed by atoms with Crippen LogP contribution in [0.25, 0.3) is 0 Å². The Kier molecular flexibility index (Phi) is 4.94. The predicted molar refractivity (Wildman–Crippen MR) is 108 cm³/mol. The lowest BCUT2D eigenvalue weighted by atomic mass is 9.94. The summed E-state index contributed by atoms with van der Waals surface area (Å²) < 4.78 is 0. The average Bonchev–Trinajstić information content (AvgIpc) is 2.94. The highest BCUT2D eigenvalue weighted by Gasteiger charge is 2.40. The number of fused-ring (bicyclic) bond motifs is 1. The normalized spacial score (nSPS) is 17.0. The minimum atomic E-state index is -0.370. The van der Waals surface area contributed by atoms with Crippen LogP contribution in [0.15, 0.2) is 36.4 Å². The van der Waals surface area contributed by atoms with Gasteiger partial charge in [-0.25, -0.2) is 0 Å². The number of nitrogens with zero attached hydrogens (tertiary/aromatic N) is 1. The smallest absolute Gasteiger partial charge is 0.261 e. The summed E-state index contributed by atoms with van der Waals surface area (Å²) >= 11 is 6.18. The molecule has 0 unspecified atom stereocenters. The number of nitrogens with one attached hydrogen (secondary N) is 1. The maximum absolute atomic E-state index is 12.9. The Hall–Kier alpha value is -2.66. The molecule has 28 heavy (non-hydrogen) atoms. The molecule has 3 amide bonds. The van der Waals surface area contributed by atoms with E-state index >= 15 is 0 Å². The summed E-state index contributed by atoms with van der Waals surface area (Å²) in [4.78, 5) is 39.7. The molecule has 1 fully saturated rings. The van der Waals surface area contributed by atoms with Gasteiger partial charge < -0.3 is 5.32 Å². The zero-order valence-corrected chi connectivity index (χ0v) is 16.4. The fraction of sp³-hybridized carbons (Fsp3) is 0.318. The van der Waals surface area contributed by atoms with Crippen LogP contribution < -0.4 is 5.32 Å². The van der Waals surface area contributed by atoms with Crippen LogP contribution in [-0.2, 0) is 0 Å². The van der Waals surface area contributed by atoms with Gasteiger partial charge in [-0.1, -0.05) is 36.9 Å². The van der Waals surface area contributed by atoms with Crippen molar-refractivity contribution in [3.8, 4) is 0 Å². The number of carbonyl (C=O) groups excluding carboxylic acids is 3. The molecule has 0 saturated heterocycles. The third kappa shape index (κ3) is 3.31. The van der Waals surface area contributed by atoms with E-state index in [1.807, 2.05) is 13.0 Å². The lowest BCUT2D eigenvalue weighted by Crippen LogP contribution is -2.40. The minimum Gasteiger partial charge on any atom is -0.321 e. The first-order valence-electron chi connectivity index (χ1n) is 9.55. The summed E-state index contributed by atoms with van der Waals surface area (Å²) in [5.41, 5.74) is 2.50. The number of halogens is 1. The predicted octanol–water partition coefficient (Wildman–Crippen LogP) is 4.83. The Balaban J connectivity index is 1.58. The summed E-state index contributed by atoms with van der Waals surface area (Å²) in [6.45, 7) is 1.92. The molecule has 5 nitrogen and oxygen atoms in total. The van der Waals surface area contributed by atoms with Crippen molar-refractivity contribution in [1.29, 1.82) is 0 Å². The minimum absolute atomic E-state index is 0.0372. The van der Waals surface area contributed by atoms with Gasteiger partial charge in [-0.05, 0) is 55.7 Å². The zero-order chi connectivity index (χ0) is 19.8. The SMILES string of the molecule is Cc1ccc(NC(=O)c2ccc3c(c2)C(=O)N(C2CCCCC2)C3=O)c(Cl)c1. The molecule has 1 aliphatic heterocycles. The average molecular weight is 397 g/mol. The van der Waals surface area contributed by atoms with E-state index in [9.17, 15) is 14.4 Å². The van der Waals surface area contributed by atoms with E-state index in [2.05, 4.69) is 5.32 Å². The van der Waals surface area contributed by atoms with E-state index in [-0.39, 0.29) is 23.8 Å². The van der Waals surface area contributed by atoms with Crippen LogP contribution in [0.2, 0.25) is 5.02 Å². The molecule has 0 radical (unpaired) electrons. The zero-order valence-electron chi connectivity index (χ0n) is 15.6. The Bertz CT molecular complexity index is 980. The highest BCUT2D eigenvalue weighted by molar-refractivity contribution is 6.34. The number of hydrogen-bond acceptors (Lipinski definition) is 3. The van der Waals surface area contributed by atoms with Gasteiger partial charge in [0.2, 0.25) is 0 Å². The third-order valence-electron chi connectivity index (χ3n) is 5.49. The van der Waals surface area contributed by atoms with Crippen LogP contribution in [0.1, 0.15) is 68.7 Å². The van der Waals surface area contributed by atoms with E-state index in [0.29, 0.717) is 27.4 Å². The molecule has 2 aromatic rings. The molecule has 2 aliphatic rings. The van der Waals surface area contributed by atoms with Crippen molar-refractivity contribution in [2.45, 2.75) is 45.1 Å². The fourth-order valence-electron chi connectivity index (χ4n) is 3.99. The first-order chi connectivity index (χ1) is 13.5. The monoisotopic (exact) mass is 396 g/mol. The van der Waals surface area contributed by atoms with E-state index < -0.39 is 0 Å². The lowest BCUT2D eigenvalue weighted by molar-refractivity contribution is 0.0549. The first-order valence-corrected chi connectivity index (χ1v) is 9.93. The second-order valence-electron chi connectivity index (χ2n) is 7.47. The van der Waals surface area contributed by atoms with Crippen molar-refractivity contribution in [2.75, 3.05) is 5.32 Å². The number of carbonyl (C=O) groups is 3. The van der Waals surface area contributed by atoms with Crippen LogP contribution in [0, 0.1) is 6.92 Å². The Morgan fingerprint density at radius 2 is 1.71 bits per heavy atom. The maximum atomic E-state index is 12.9. The number of benzene rings is 2. The number of anilines is 1. The summed E-state index contributed by atoms with van der Waals surface area (Å²) in [5.74, 6) is -0.916. The molecular formula is C22H21ClN2O3. The molecule has 1 heterocycles. The van der Waals surface area contributed by atoms with Gasteiger partial charge in [-0.2, -0.15) is 0 Å². The molecule has 1 N–H and O–H groups in total. The maximum Gasteiger partial charge on any atom is 0.261 e. The third-order valence-corrected chi connectivity index (χ3v) is 5.81. The van der Waals surface area contributed by atoms with Gasteiger partial charge in [0.15, 0.2) is 0 Å². The largest absolute Gasteiger partial charge is 0.321 e. The molecule has 0 aromatic heterocycles. The summed E-state index contributed by atoms with van der Waals surface area (Å²) in [5, 5.41) is 3.21. The Labute approximate surface area is 168 Å². The molecular weight excluding hydrogens is 376 g/mol. The fourth-order valence-corrected chi connectivity index (χ4v) is 4.27. The van der Waals surface area contributed by atoms with Gasteiger partial charge in [-0.15, -0.1) is 0 Å². The molecule has 0 bridgehead atoms. The van der Waals surface area contributed by atoms with Gasteiger partial charge in [0.25, 0.3) is 17.7 Å². The molecule has 1 aliphatic carbocycles. The number of rotatable bonds is 3. The first kappa shape index (κ1) is 18.7. The second-order valence-corrected chi connectivity index (χ2v) is 7.88.